The zero-order valence-electron chi connectivity index (χ0n) is 15.5. The molecular weight excluding hydrogens is 322 g/mol. The molecule has 0 saturated heterocycles. The van der Waals surface area contributed by atoms with Gasteiger partial charge in [-0.25, -0.2) is 4.98 Å². The van der Waals surface area contributed by atoms with Gasteiger partial charge in [0.05, 0.1) is 0 Å². The lowest BCUT2D eigenvalue weighted by Crippen LogP contribution is -2.21. The number of nitrogens with one attached hydrogen (secondary N) is 2. The van der Waals surface area contributed by atoms with E-state index in [1.807, 2.05) is 36.4 Å². The van der Waals surface area contributed by atoms with E-state index in [0.717, 1.165) is 30.3 Å². The smallest absolute Gasteiger partial charge is 0.229 e. The maximum Gasteiger partial charge on any atom is 0.229 e. The minimum absolute atomic E-state index is 0.568. The van der Waals surface area contributed by atoms with Crippen molar-refractivity contribution in [3.63, 3.8) is 0 Å². The molecule has 0 spiro atoms. The summed E-state index contributed by atoms with van der Waals surface area (Å²) < 4.78 is 0. The number of rotatable bonds is 7. The van der Waals surface area contributed by atoms with E-state index in [-0.39, 0.29) is 0 Å². The molecule has 0 saturated carbocycles. The van der Waals surface area contributed by atoms with Crippen LogP contribution in [0.1, 0.15) is 19.4 Å². The summed E-state index contributed by atoms with van der Waals surface area (Å²) in [5.41, 5.74) is 4.44. The van der Waals surface area contributed by atoms with E-state index in [4.69, 9.17) is 0 Å². The Morgan fingerprint density at radius 3 is 2.38 bits per heavy atom. The Labute approximate surface area is 155 Å². The van der Waals surface area contributed by atoms with Crippen molar-refractivity contribution in [1.82, 2.24) is 9.97 Å². The summed E-state index contributed by atoms with van der Waals surface area (Å²) in [4.78, 5) is 11.2. The normalized spacial score (nSPS) is 10.4. The third-order valence-electron chi connectivity index (χ3n) is 4.29. The van der Waals surface area contributed by atoms with Crippen LogP contribution in [0.2, 0.25) is 0 Å². The van der Waals surface area contributed by atoms with Gasteiger partial charge in [-0.05, 0) is 62.7 Å². The molecular formula is C21H25N5. The lowest BCUT2D eigenvalue weighted by atomic mass is 10.1. The van der Waals surface area contributed by atoms with E-state index >= 15 is 0 Å². The Balaban J connectivity index is 1.76. The predicted octanol–water partition coefficient (Wildman–Crippen LogP) is 5.12. The summed E-state index contributed by atoms with van der Waals surface area (Å²) in [6, 6.07) is 18.2. The average molecular weight is 347 g/mol. The minimum atomic E-state index is 0.568. The minimum Gasteiger partial charge on any atom is -0.372 e. The molecule has 5 nitrogen and oxygen atoms in total. The molecule has 1 heterocycles. The molecule has 2 N–H and O–H groups in total. The largest absolute Gasteiger partial charge is 0.372 e. The summed E-state index contributed by atoms with van der Waals surface area (Å²) in [6.45, 7) is 8.46. The molecule has 0 aliphatic carbocycles. The standard InChI is InChI=1S/C21H25N5/c1-4-26(5-2)18-11-12-19(16(3)15-18)24-20-13-14-22-21(25-20)23-17-9-7-6-8-10-17/h6-15H,4-5H2,1-3H3,(H2,22,23,24,25). The highest BCUT2D eigenvalue weighted by atomic mass is 15.1. The number of aryl methyl sites for hydroxylation is 1. The number of anilines is 5. The lowest BCUT2D eigenvalue weighted by molar-refractivity contribution is 0.866. The summed E-state index contributed by atoms with van der Waals surface area (Å²) >= 11 is 0. The maximum absolute atomic E-state index is 4.55. The number of nitrogens with zero attached hydrogens (tertiary/aromatic N) is 3. The molecule has 0 aliphatic heterocycles. The first-order valence-electron chi connectivity index (χ1n) is 8.97. The van der Waals surface area contributed by atoms with Gasteiger partial charge in [-0.15, -0.1) is 0 Å². The second kappa shape index (κ2) is 8.34. The molecule has 3 aromatic rings. The quantitative estimate of drug-likeness (QED) is 0.621. The molecule has 2 aromatic carbocycles. The number of hydrogen-bond acceptors (Lipinski definition) is 5. The molecule has 26 heavy (non-hydrogen) atoms. The Bertz CT molecular complexity index is 844. The fourth-order valence-electron chi connectivity index (χ4n) is 2.85. The highest BCUT2D eigenvalue weighted by Crippen LogP contribution is 2.25. The van der Waals surface area contributed by atoms with E-state index in [2.05, 4.69) is 64.5 Å². The van der Waals surface area contributed by atoms with Crippen LogP contribution in [-0.2, 0) is 0 Å². The second-order valence-corrected chi connectivity index (χ2v) is 6.05. The van der Waals surface area contributed by atoms with Crippen molar-refractivity contribution in [2.24, 2.45) is 0 Å². The lowest BCUT2D eigenvalue weighted by Gasteiger charge is -2.22. The van der Waals surface area contributed by atoms with Gasteiger partial charge in [-0.1, -0.05) is 18.2 Å². The van der Waals surface area contributed by atoms with Gasteiger partial charge in [-0.2, -0.15) is 4.98 Å². The predicted molar refractivity (Wildman–Crippen MR) is 110 cm³/mol. The summed E-state index contributed by atoms with van der Waals surface area (Å²) in [5, 5.41) is 6.61. The number of para-hydroxylation sites is 1. The molecule has 0 radical (unpaired) electrons. The van der Waals surface area contributed by atoms with Gasteiger partial charge in [0.25, 0.3) is 0 Å². The molecule has 0 bridgehead atoms. The van der Waals surface area contributed by atoms with Gasteiger partial charge in [0.15, 0.2) is 0 Å². The Hall–Kier alpha value is -3.08. The van der Waals surface area contributed by atoms with Crippen molar-refractivity contribution >= 4 is 28.8 Å². The first-order chi connectivity index (χ1) is 12.7. The van der Waals surface area contributed by atoms with E-state index in [1.54, 1.807) is 6.20 Å². The van der Waals surface area contributed by atoms with Crippen LogP contribution in [0.25, 0.3) is 0 Å². The molecule has 0 atom stereocenters. The van der Waals surface area contributed by atoms with Crippen LogP contribution in [0.5, 0.6) is 0 Å². The first-order valence-corrected chi connectivity index (χ1v) is 8.97. The zero-order valence-corrected chi connectivity index (χ0v) is 15.5. The highest BCUT2D eigenvalue weighted by molar-refractivity contribution is 5.66. The van der Waals surface area contributed by atoms with Crippen molar-refractivity contribution in [2.75, 3.05) is 28.6 Å². The topological polar surface area (TPSA) is 53.1 Å². The molecule has 134 valence electrons. The second-order valence-electron chi connectivity index (χ2n) is 6.05. The fraction of sp³-hybridized carbons (Fsp3) is 0.238. The maximum atomic E-state index is 4.55. The van der Waals surface area contributed by atoms with Crippen LogP contribution in [0, 0.1) is 6.92 Å². The van der Waals surface area contributed by atoms with Gasteiger partial charge in [-0.3, -0.25) is 0 Å². The van der Waals surface area contributed by atoms with Crippen LogP contribution in [-0.4, -0.2) is 23.1 Å². The van der Waals surface area contributed by atoms with Crippen LogP contribution in [0.15, 0.2) is 60.8 Å². The van der Waals surface area contributed by atoms with Gasteiger partial charge >= 0.3 is 0 Å². The van der Waals surface area contributed by atoms with Crippen LogP contribution in [0.4, 0.5) is 28.8 Å². The van der Waals surface area contributed by atoms with Crippen molar-refractivity contribution in [1.29, 1.82) is 0 Å². The van der Waals surface area contributed by atoms with E-state index in [9.17, 15) is 0 Å². The Kier molecular flexibility index (Phi) is 5.69. The van der Waals surface area contributed by atoms with Crippen molar-refractivity contribution in [3.05, 3.63) is 66.4 Å². The van der Waals surface area contributed by atoms with Crippen LogP contribution < -0.4 is 15.5 Å². The van der Waals surface area contributed by atoms with Gasteiger partial charge in [0.1, 0.15) is 5.82 Å². The molecule has 0 unspecified atom stereocenters. The summed E-state index contributed by atoms with van der Waals surface area (Å²) in [6.07, 6.45) is 1.75. The highest BCUT2D eigenvalue weighted by Gasteiger charge is 2.06. The van der Waals surface area contributed by atoms with E-state index in [1.165, 1.54) is 11.3 Å². The number of aromatic nitrogens is 2. The van der Waals surface area contributed by atoms with E-state index < -0.39 is 0 Å². The summed E-state index contributed by atoms with van der Waals surface area (Å²) in [7, 11) is 0. The molecule has 1 aromatic heterocycles. The Morgan fingerprint density at radius 1 is 0.923 bits per heavy atom. The van der Waals surface area contributed by atoms with Crippen LogP contribution >= 0.6 is 0 Å². The van der Waals surface area contributed by atoms with Crippen molar-refractivity contribution in [3.8, 4) is 0 Å². The monoisotopic (exact) mass is 347 g/mol. The number of benzene rings is 2. The van der Waals surface area contributed by atoms with E-state index in [0.29, 0.717) is 5.95 Å². The van der Waals surface area contributed by atoms with Gasteiger partial charge < -0.3 is 15.5 Å². The molecule has 0 amide bonds. The first kappa shape index (κ1) is 17.7. The van der Waals surface area contributed by atoms with Gasteiger partial charge in [0, 0.05) is 36.3 Å². The molecule has 0 aliphatic rings. The Morgan fingerprint density at radius 2 is 1.69 bits per heavy atom. The number of hydrogen-bond donors (Lipinski definition) is 2. The molecule has 5 heteroatoms. The fourth-order valence-corrected chi connectivity index (χ4v) is 2.85. The zero-order chi connectivity index (χ0) is 18.4. The van der Waals surface area contributed by atoms with Crippen molar-refractivity contribution in [2.45, 2.75) is 20.8 Å². The third-order valence-corrected chi connectivity index (χ3v) is 4.29. The SMILES string of the molecule is CCN(CC)c1ccc(Nc2ccnc(Nc3ccccc3)n2)c(C)c1. The van der Waals surface area contributed by atoms with Crippen LogP contribution in [0.3, 0.4) is 0 Å². The summed E-state index contributed by atoms with van der Waals surface area (Å²) in [5.74, 6) is 1.33. The third kappa shape index (κ3) is 4.30. The molecule has 0 fully saturated rings. The average Bonchev–Trinajstić information content (AvgIpc) is 2.66. The van der Waals surface area contributed by atoms with Gasteiger partial charge in [0.2, 0.25) is 5.95 Å². The van der Waals surface area contributed by atoms with Crippen molar-refractivity contribution < 1.29 is 0 Å². The molecule has 3 rings (SSSR count).